The number of aliphatic hydroxyl groups excluding tert-OH is 3. The second kappa shape index (κ2) is 8.49. The van der Waals surface area contributed by atoms with Crippen LogP contribution in [0.25, 0.3) is 6.08 Å². The first-order chi connectivity index (χ1) is 16.4. The van der Waals surface area contributed by atoms with Gasteiger partial charge < -0.3 is 31.3 Å². The molecule has 0 aromatic heterocycles. The van der Waals surface area contributed by atoms with Gasteiger partial charge in [-0.3, -0.25) is 19.3 Å². The third-order valence-corrected chi connectivity index (χ3v) is 7.33. The second-order valence-corrected chi connectivity index (χ2v) is 9.73. The summed E-state index contributed by atoms with van der Waals surface area (Å²) in [5.41, 5.74) is 2.31. The molecule has 4 rings (SSSR count). The zero-order valence-corrected chi connectivity index (χ0v) is 19.7. The lowest BCUT2D eigenvalue weighted by Gasteiger charge is -2.50. The fourth-order valence-corrected chi connectivity index (χ4v) is 5.74. The van der Waals surface area contributed by atoms with Crippen LogP contribution in [0.15, 0.2) is 39.8 Å². The predicted octanol–water partition coefficient (Wildman–Crippen LogP) is 0.693. The van der Waals surface area contributed by atoms with Gasteiger partial charge in [-0.2, -0.15) is 0 Å². The Morgan fingerprint density at radius 3 is 2.49 bits per heavy atom. The van der Waals surface area contributed by atoms with Gasteiger partial charge in [-0.15, -0.1) is 0 Å². The van der Waals surface area contributed by atoms with Crippen LogP contribution in [0.3, 0.4) is 0 Å². The number of halogens is 1. The molecule has 7 N–H and O–H groups in total. The highest BCUT2D eigenvalue weighted by Gasteiger charge is 2.63. The number of allylic oxidation sites excluding steroid dienone is 1. The average molecular weight is 505 g/mol. The largest absolute Gasteiger partial charge is 0.510 e. The molecule has 35 heavy (non-hydrogen) atoms. The number of phenols is 1. The molecule has 0 unspecified atom stereocenters. The summed E-state index contributed by atoms with van der Waals surface area (Å²) in [4.78, 5) is 40.2. The summed E-state index contributed by atoms with van der Waals surface area (Å²) in [5.74, 6) is -7.07. The van der Waals surface area contributed by atoms with E-state index in [4.69, 9.17) is 17.3 Å². The third kappa shape index (κ3) is 3.48. The number of amides is 1. The molecule has 4 atom stereocenters. The summed E-state index contributed by atoms with van der Waals surface area (Å²) < 4.78 is 0. The normalized spacial score (nSPS) is 28.7. The molecule has 10 nitrogen and oxygen atoms in total. The summed E-state index contributed by atoms with van der Waals surface area (Å²) >= 11 is 5.98. The number of aliphatic hydroxyl groups is 4. The van der Waals surface area contributed by atoms with Crippen LogP contribution in [0.1, 0.15) is 27.9 Å². The Balaban J connectivity index is 1.96. The van der Waals surface area contributed by atoms with Crippen molar-refractivity contribution in [3.8, 4) is 5.75 Å². The van der Waals surface area contributed by atoms with Crippen LogP contribution < -0.4 is 5.73 Å². The molecule has 1 aromatic carbocycles. The monoisotopic (exact) mass is 504 g/mol. The standard InChI is InChI=1S/C24H25ClN2O8/c1-27(2)18-13-7-10-6-12-9(5-11(25)8-28)3-4-14(29)16(12)19(30)15(10)21(32)24(13,35)22(33)17(20(18)31)23(26)34/h3-5,10,13,18,28-29,31-32,35H,6-8H2,1-2H3,(H2,26,34)/b11-5-/t10-,13-,18+,24+/m1/s1. The molecule has 0 aliphatic heterocycles. The molecule has 0 heterocycles. The number of ketones is 2. The number of Topliss-reactive ketones (excluding diaryl/α,β-unsaturated/α-hetero) is 2. The Labute approximate surface area is 205 Å². The topological polar surface area (TPSA) is 182 Å². The molecule has 3 aliphatic carbocycles. The maximum atomic E-state index is 13.5. The van der Waals surface area contributed by atoms with Gasteiger partial charge in [0.25, 0.3) is 5.91 Å². The minimum absolute atomic E-state index is 0.0156. The number of carbonyl (C=O) groups excluding carboxylic acids is 3. The number of nitrogens with two attached hydrogens (primary N) is 1. The fraction of sp³-hybridized carbons (Fsp3) is 0.375. The van der Waals surface area contributed by atoms with Gasteiger partial charge in [-0.05, 0) is 56.1 Å². The van der Waals surface area contributed by atoms with E-state index in [1.54, 1.807) is 14.1 Å². The molecule has 0 saturated carbocycles. The van der Waals surface area contributed by atoms with Crippen molar-refractivity contribution in [2.24, 2.45) is 17.6 Å². The zero-order valence-electron chi connectivity index (χ0n) is 18.9. The van der Waals surface area contributed by atoms with Gasteiger partial charge in [-0.1, -0.05) is 17.7 Å². The van der Waals surface area contributed by atoms with Gasteiger partial charge in [0.2, 0.25) is 5.78 Å². The lowest BCUT2D eigenvalue weighted by Crippen LogP contribution is -2.63. The minimum Gasteiger partial charge on any atom is -0.510 e. The SMILES string of the molecule is CN(C)[C@@H]1C(O)=C(C(N)=O)C(=O)[C@@]2(O)C(O)=C3C(=O)c4c(O)ccc(/C=C(\Cl)CO)c4C[C@@H]3C[C@H]12. The number of hydrogen-bond donors (Lipinski definition) is 6. The van der Waals surface area contributed by atoms with Crippen LogP contribution in [0.2, 0.25) is 0 Å². The van der Waals surface area contributed by atoms with Gasteiger partial charge >= 0.3 is 0 Å². The van der Waals surface area contributed by atoms with Crippen LogP contribution >= 0.6 is 11.6 Å². The van der Waals surface area contributed by atoms with Crippen molar-refractivity contribution >= 4 is 35.2 Å². The van der Waals surface area contributed by atoms with E-state index < -0.39 is 64.7 Å². The number of phenolic OH excluding ortho intramolecular Hbond substituents is 1. The van der Waals surface area contributed by atoms with Crippen molar-refractivity contribution in [1.29, 1.82) is 0 Å². The molecule has 3 aliphatic rings. The van der Waals surface area contributed by atoms with E-state index in [0.29, 0.717) is 11.1 Å². The molecule has 0 fully saturated rings. The van der Waals surface area contributed by atoms with Crippen LogP contribution in [0.4, 0.5) is 0 Å². The van der Waals surface area contributed by atoms with Crippen molar-refractivity contribution in [1.82, 2.24) is 4.90 Å². The second-order valence-electron chi connectivity index (χ2n) is 9.24. The summed E-state index contributed by atoms with van der Waals surface area (Å²) in [6.45, 7) is -0.434. The molecular formula is C24H25ClN2O8. The Bertz CT molecular complexity index is 1260. The minimum atomic E-state index is -2.68. The van der Waals surface area contributed by atoms with Crippen LogP contribution in [0, 0.1) is 11.8 Å². The predicted molar refractivity (Wildman–Crippen MR) is 125 cm³/mol. The Kier molecular flexibility index (Phi) is 6.05. The van der Waals surface area contributed by atoms with Crippen molar-refractivity contribution in [3.05, 3.63) is 56.5 Å². The average Bonchev–Trinajstić information content (AvgIpc) is 2.77. The Morgan fingerprint density at radius 2 is 1.91 bits per heavy atom. The van der Waals surface area contributed by atoms with Gasteiger partial charge in [0.05, 0.1) is 18.2 Å². The highest BCUT2D eigenvalue weighted by Crippen LogP contribution is 2.52. The van der Waals surface area contributed by atoms with Crippen molar-refractivity contribution in [2.45, 2.75) is 24.5 Å². The highest BCUT2D eigenvalue weighted by molar-refractivity contribution is 6.31. The van der Waals surface area contributed by atoms with Crippen molar-refractivity contribution in [2.75, 3.05) is 20.7 Å². The molecule has 11 heteroatoms. The number of hydrogen-bond acceptors (Lipinski definition) is 9. The molecule has 0 bridgehead atoms. The maximum absolute atomic E-state index is 13.5. The Hall–Kier alpha value is -3.18. The van der Waals surface area contributed by atoms with Gasteiger partial charge in [0.15, 0.2) is 11.4 Å². The molecule has 0 radical (unpaired) electrons. The van der Waals surface area contributed by atoms with Crippen LogP contribution in [-0.2, 0) is 16.0 Å². The molecule has 0 spiro atoms. The first-order valence-corrected chi connectivity index (χ1v) is 11.2. The number of primary amides is 1. The van der Waals surface area contributed by atoms with E-state index in [1.807, 2.05) is 0 Å². The van der Waals surface area contributed by atoms with Crippen LogP contribution in [0.5, 0.6) is 5.75 Å². The van der Waals surface area contributed by atoms with Crippen molar-refractivity contribution in [3.63, 3.8) is 0 Å². The van der Waals surface area contributed by atoms with Gasteiger partial charge in [0.1, 0.15) is 22.8 Å². The van der Waals surface area contributed by atoms with E-state index >= 15 is 0 Å². The molecule has 1 aromatic rings. The van der Waals surface area contributed by atoms with Gasteiger partial charge in [-0.25, -0.2) is 0 Å². The third-order valence-electron chi connectivity index (χ3n) is 7.11. The fourth-order valence-electron chi connectivity index (χ4n) is 5.62. The smallest absolute Gasteiger partial charge is 0.255 e. The first kappa shape index (κ1) is 24.9. The number of fused-ring (bicyclic) bond motifs is 3. The number of rotatable bonds is 4. The van der Waals surface area contributed by atoms with E-state index in [2.05, 4.69) is 0 Å². The maximum Gasteiger partial charge on any atom is 0.255 e. The number of aromatic hydroxyl groups is 1. The summed E-state index contributed by atoms with van der Waals surface area (Å²) in [6.07, 6.45) is 1.57. The molecule has 1 amide bonds. The summed E-state index contributed by atoms with van der Waals surface area (Å²) in [5, 5.41) is 53.4. The number of carbonyl (C=O) groups is 3. The van der Waals surface area contributed by atoms with Crippen LogP contribution in [-0.4, -0.2) is 80.3 Å². The quantitative estimate of drug-likeness (QED) is 0.321. The van der Waals surface area contributed by atoms with E-state index in [1.165, 1.54) is 23.1 Å². The molecule has 0 saturated heterocycles. The van der Waals surface area contributed by atoms with Gasteiger partial charge in [0, 0.05) is 16.5 Å². The number of likely N-dealkylation sites (N-methyl/N-ethyl adjacent to an activating group) is 1. The Morgan fingerprint density at radius 1 is 1.26 bits per heavy atom. The number of nitrogens with zero attached hydrogens (tertiary/aromatic N) is 1. The summed E-state index contributed by atoms with van der Waals surface area (Å²) in [7, 11) is 3.12. The number of benzene rings is 1. The molecular weight excluding hydrogens is 480 g/mol. The van der Waals surface area contributed by atoms with E-state index in [0.717, 1.165) is 0 Å². The van der Waals surface area contributed by atoms with E-state index in [-0.39, 0.29) is 34.8 Å². The highest BCUT2D eigenvalue weighted by atomic mass is 35.5. The van der Waals surface area contributed by atoms with Crippen molar-refractivity contribution < 1.29 is 39.9 Å². The lowest BCUT2D eigenvalue weighted by molar-refractivity contribution is -0.148. The summed E-state index contributed by atoms with van der Waals surface area (Å²) in [6, 6.07) is 1.74. The molecule has 186 valence electrons. The zero-order chi connectivity index (χ0) is 26.0. The van der Waals surface area contributed by atoms with E-state index in [9.17, 15) is 39.9 Å². The first-order valence-electron chi connectivity index (χ1n) is 10.8. The lowest BCUT2D eigenvalue weighted by atomic mass is 9.58.